The minimum Gasteiger partial charge on any atom is -0.481 e. The Labute approximate surface area is 113 Å². The Bertz CT molecular complexity index is 324. The lowest BCUT2D eigenvalue weighted by molar-refractivity contribution is -0.142. The molecule has 0 spiro atoms. The minimum atomic E-state index is -0.911. The van der Waals surface area contributed by atoms with Crippen molar-refractivity contribution in [3.8, 4) is 0 Å². The number of carboxylic acid groups (broad SMARTS) is 1. The number of nitrogens with zero attached hydrogens (tertiary/aromatic N) is 2. The number of amides is 2. The van der Waals surface area contributed by atoms with Crippen LogP contribution < -0.4 is 5.32 Å². The van der Waals surface area contributed by atoms with Gasteiger partial charge >= 0.3 is 12.0 Å². The number of ether oxygens (including phenoxy) is 1. The molecule has 2 amide bonds. The maximum Gasteiger partial charge on any atom is 0.320 e. The van der Waals surface area contributed by atoms with Crippen LogP contribution in [-0.4, -0.2) is 79.9 Å². The molecule has 1 rings (SSSR count). The number of rotatable bonds is 6. The molecule has 19 heavy (non-hydrogen) atoms. The molecule has 0 aromatic heterocycles. The third-order valence-corrected chi connectivity index (χ3v) is 3.38. The molecule has 1 aliphatic heterocycles. The van der Waals surface area contributed by atoms with Gasteiger partial charge in [0.05, 0.1) is 19.3 Å². The first-order valence-electron chi connectivity index (χ1n) is 6.49. The van der Waals surface area contributed by atoms with Crippen molar-refractivity contribution in [1.29, 1.82) is 0 Å². The fourth-order valence-electron chi connectivity index (χ4n) is 2.19. The van der Waals surface area contributed by atoms with Crippen LogP contribution in [0.15, 0.2) is 0 Å². The SMILES string of the molecule is CCN(C(=O)N(C)CCNC)C1COCC1C(=O)O. The standard InChI is InChI=1S/C12H23N3O4/c1-4-15(12(18)14(3)6-5-13-2)10-8-19-7-9(10)11(16)17/h9-10,13H,4-8H2,1-3H3,(H,16,17). The molecule has 0 bridgehead atoms. The molecule has 1 fully saturated rings. The summed E-state index contributed by atoms with van der Waals surface area (Å²) in [6, 6.07) is -0.536. The highest BCUT2D eigenvalue weighted by atomic mass is 16.5. The van der Waals surface area contributed by atoms with Gasteiger partial charge < -0.3 is 25.0 Å². The fraction of sp³-hybridized carbons (Fsp3) is 0.833. The van der Waals surface area contributed by atoms with Crippen LogP contribution in [0, 0.1) is 5.92 Å². The molecular weight excluding hydrogens is 250 g/mol. The molecule has 0 aromatic carbocycles. The van der Waals surface area contributed by atoms with Crippen molar-refractivity contribution in [3.05, 3.63) is 0 Å². The van der Waals surface area contributed by atoms with E-state index in [1.165, 1.54) is 0 Å². The average molecular weight is 273 g/mol. The molecule has 2 atom stereocenters. The van der Waals surface area contributed by atoms with Gasteiger partial charge in [-0.3, -0.25) is 4.79 Å². The number of nitrogens with one attached hydrogen (secondary N) is 1. The molecule has 2 N–H and O–H groups in total. The first-order chi connectivity index (χ1) is 9.02. The Hall–Kier alpha value is -1.34. The summed E-state index contributed by atoms with van der Waals surface area (Å²) >= 11 is 0. The number of urea groups is 1. The summed E-state index contributed by atoms with van der Waals surface area (Å²) in [5.74, 6) is -1.55. The fourth-order valence-corrected chi connectivity index (χ4v) is 2.19. The lowest BCUT2D eigenvalue weighted by Gasteiger charge is -2.33. The topological polar surface area (TPSA) is 82.1 Å². The summed E-state index contributed by atoms with van der Waals surface area (Å²) in [5, 5.41) is 12.1. The molecule has 0 saturated carbocycles. The number of likely N-dealkylation sites (N-methyl/N-ethyl adjacent to an activating group) is 3. The van der Waals surface area contributed by atoms with E-state index in [1.807, 2.05) is 14.0 Å². The normalized spacial score (nSPS) is 22.3. The van der Waals surface area contributed by atoms with Crippen molar-refractivity contribution in [3.63, 3.8) is 0 Å². The molecule has 7 heteroatoms. The molecule has 1 saturated heterocycles. The van der Waals surface area contributed by atoms with E-state index in [4.69, 9.17) is 9.84 Å². The molecular formula is C12H23N3O4. The van der Waals surface area contributed by atoms with Crippen molar-refractivity contribution in [2.24, 2.45) is 5.92 Å². The summed E-state index contributed by atoms with van der Waals surface area (Å²) in [6.45, 7) is 4.06. The zero-order valence-electron chi connectivity index (χ0n) is 11.8. The summed E-state index contributed by atoms with van der Waals surface area (Å²) in [4.78, 5) is 26.6. The van der Waals surface area contributed by atoms with Gasteiger partial charge in [0.25, 0.3) is 0 Å². The van der Waals surface area contributed by atoms with E-state index in [2.05, 4.69) is 5.32 Å². The van der Waals surface area contributed by atoms with Crippen LogP contribution >= 0.6 is 0 Å². The highest BCUT2D eigenvalue weighted by Crippen LogP contribution is 2.21. The number of carboxylic acids is 1. The largest absolute Gasteiger partial charge is 0.481 e. The zero-order chi connectivity index (χ0) is 14.4. The van der Waals surface area contributed by atoms with Crippen LogP contribution in [0.2, 0.25) is 0 Å². The van der Waals surface area contributed by atoms with Crippen molar-refractivity contribution < 1.29 is 19.4 Å². The maximum atomic E-state index is 12.3. The molecule has 0 aromatic rings. The number of carbonyl (C=O) groups excluding carboxylic acids is 1. The summed E-state index contributed by atoms with van der Waals surface area (Å²) in [6.07, 6.45) is 0. The first kappa shape index (κ1) is 15.7. The second kappa shape index (κ2) is 7.30. The quantitative estimate of drug-likeness (QED) is 0.693. The molecule has 7 nitrogen and oxygen atoms in total. The number of hydrogen-bond donors (Lipinski definition) is 2. The molecule has 2 unspecified atom stereocenters. The van der Waals surface area contributed by atoms with E-state index in [0.29, 0.717) is 19.6 Å². The summed E-state index contributed by atoms with van der Waals surface area (Å²) < 4.78 is 5.22. The maximum absolute atomic E-state index is 12.3. The Morgan fingerprint density at radius 1 is 1.42 bits per heavy atom. The minimum absolute atomic E-state index is 0.153. The third kappa shape index (κ3) is 3.81. The van der Waals surface area contributed by atoms with E-state index in [1.54, 1.807) is 16.8 Å². The Balaban J connectivity index is 2.70. The van der Waals surface area contributed by atoms with Gasteiger partial charge in [-0.05, 0) is 14.0 Å². The van der Waals surface area contributed by atoms with E-state index < -0.39 is 11.9 Å². The smallest absolute Gasteiger partial charge is 0.320 e. The van der Waals surface area contributed by atoms with E-state index in [0.717, 1.165) is 0 Å². The Morgan fingerprint density at radius 3 is 2.63 bits per heavy atom. The van der Waals surface area contributed by atoms with E-state index >= 15 is 0 Å². The Morgan fingerprint density at radius 2 is 2.11 bits per heavy atom. The van der Waals surface area contributed by atoms with Crippen molar-refractivity contribution in [2.75, 3.05) is 46.9 Å². The van der Waals surface area contributed by atoms with Crippen LogP contribution in [0.5, 0.6) is 0 Å². The van der Waals surface area contributed by atoms with Crippen molar-refractivity contribution in [1.82, 2.24) is 15.1 Å². The van der Waals surface area contributed by atoms with Gasteiger partial charge in [0.15, 0.2) is 0 Å². The number of hydrogen-bond acceptors (Lipinski definition) is 4. The van der Waals surface area contributed by atoms with Crippen molar-refractivity contribution >= 4 is 12.0 Å². The van der Waals surface area contributed by atoms with Crippen LogP contribution in [0.3, 0.4) is 0 Å². The van der Waals surface area contributed by atoms with Crippen LogP contribution in [-0.2, 0) is 9.53 Å². The summed E-state index contributed by atoms with van der Waals surface area (Å²) in [7, 11) is 3.54. The monoisotopic (exact) mass is 273 g/mol. The molecule has 0 radical (unpaired) electrons. The number of aliphatic carboxylic acids is 1. The zero-order valence-corrected chi connectivity index (χ0v) is 11.8. The van der Waals surface area contributed by atoms with Crippen molar-refractivity contribution in [2.45, 2.75) is 13.0 Å². The van der Waals surface area contributed by atoms with Gasteiger partial charge in [-0.25, -0.2) is 4.79 Å². The van der Waals surface area contributed by atoms with Gasteiger partial charge in [0.2, 0.25) is 0 Å². The van der Waals surface area contributed by atoms with Gasteiger partial charge in [0, 0.05) is 26.7 Å². The second-order valence-electron chi connectivity index (χ2n) is 4.64. The molecule has 110 valence electrons. The van der Waals surface area contributed by atoms with E-state index in [9.17, 15) is 9.59 Å². The van der Waals surface area contributed by atoms with Gasteiger partial charge in [-0.2, -0.15) is 0 Å². The first-order valence-corrected chi connectivity index (χ1v) is 6.49. The molecule has 1 heterocycles. The second-order valence-corrected chi connectivity index (χ2v) is 4.64. The highest BCUT2D eigenvalue weighted by molar-refractivity contribution is 5.77. The molecule has 1 aliphatic rings. The van der Waals surface area contributed by atoms with E-state index in [-0.39, 0.29) is 25.3 Å². The third-order valence-electron chi connectivity index (χ3n) is 3.38. The predicted octanol–water partition coefficient (Wildman–Crippen LogP) is -0.321. The van der Waals surface area contributed by atoms with Gasteiger partial charge in [-0.15, -0.1) is 0 Å². The summed E-state index contributed by atoms with van der Waals surface area (Å²) in [5.41, 5.74) is 0. The molecule has 0 aliphatic carbocycles. The highest BCUT2D eigenvalue weighted by Gasteiger charge is 2.40. The van der Waals surface area contributed by atoms with Gasteiger partial charge in [-0.1, -0.05) is 0 Å². The lowest BCUT2D eigenvalue weighted by atomic mass is 10.0. The predicted molar refractivity (Wildman–Crippen MR) is 70.1 cm³/mol. The van der Waals surface area contributed by atoms with Crippen LogP contribution in [0.1, 0.15) is 6.92 Å². The lowest BCUT2D eigenvalue weighted by Crippen LogP contribution is -2.51. The van der Waals surface area contributed by atoms with Crippen LogP contribution in [0.4, 0.5) is 4.79 Å². The van der Waals surface area contributed by atoms with Gasteiger partial charge in [0.1, 0.15) is 5.92 Å². The Kier molecular flexibility index (Phi) is 6.04. The average Bonchev–Trinajstić information content (AvgIpc) is 2.86. The van der Waals surface area contributed by atoms with Crippen LogP contribution in [0.25, 0.3) is 0 Å². The number of carbonyl (C=O) groups is 2.